The van der Waals surface area contributed by atoms with E-state index in [2.05, 4.69) is 7.05 Å². The second-order valence-electron chi connectivity index (χ2n) is 6.20. The van der Waals surface area contributed by atoms with Crippen LogP contribution in [0.5, 0.6) is 0 Å². The van der Waals surface area contributed by atoms with Crippen molar-refractivity contribution in [2.24, 2.45) is 5.92 Å². The van der Waals surface area contributed by atoms with Crippen molar-refractivity contribution in [1.29, 1.82) is 0 Å². The van der Waals surface area contributed by atoms with Crippen LogP contribution in [0, 0.1) is 5.92 Å². The fourth-order valence-corrected chi connectivity index (χ4v) is 3.74. The lowest BCUT2D eigenvalue weighted by Gasteiger charge is -2.51. The third-order valence-electron chi connectivity index (χ3n) is 4.79. The first-order chi connectivity index (χ1) is 8.53. The number of aliphatic hydroxyl groups is 1. The molecule has 0 radical (unpaired) electrons. The Kier molecular flexibility index (Phi) is 4.28. The molecule has 0 aromatic carbocycles. The lowest BCUT2D eigenvalue weighted by atomic mass is 9.82. The first-order valence-electron chi connectivity index (χ1n) is 7.22. The molecule has 2 fully saturated rings. The molecule has 0 aliphatic carbocycles. The van der Waals surface area contributed by atoms with Crippen LogP contribution in [0.3, 0.4) is 0 Å². The number of carbonyl (C=O) groups excluding carboxylic acids is 1. The molecular weight excluding hydrogens is 230 g/mol. The van der Waals surface area contributed by atoms with Crippen molar-refractivity contribution < 1.29 is 19.1 Å². The average Bonchev–Trinajstić information content (AvgIpc) is 2.34. The average molecular weight is 256 g/mol. The Balaban J connectivity index is 1.93. The highest BCUT2D eigenvalue weighted by molar-refractivity contribution is 5.73. The van der Waals surface area contributed by atoms with Crippen LogP contribution in [0.25, 0.3) is 0 Å². The topological polar surface area (TPSA) is 46.5 Å². The Morgan fingerprint density at radius 2 is 2.06 bits per heavy atom. The normalized spacial score (nSPS) is 37.7. The Labute approximate surface area is 110 Å². The molecule has 0 aromatic heterocycles. The number of hydrogen-bond donors (Lipinski definition) is 1. The Morgan fingerprint density at radius 3 is 2.78 bits per heavy atom. The van der Waals surface area contributed by atoms with E-state index < -0.39 is 12.1 Å². The molecule has 0 bridgehead atoms. The van der Waals surface area contributed by atoms with E-state index in [1.54, 1.807) is 0 Å². The van der Waals surface area contributed by atoms with Crippen LogP contribution in [0.1, 0.15) is 39.0 Å². The van der Waals surface area contributed by atoms with Crippen molar-refractivity contribution in [2.75, 3.05) is 26.7 Å². The standard InChI is InChI=1S/C14H26NO3/c1-11(16)14(17)18-10-12-6-5-9-15(2)8-4-3-7-13(12)15/h11-13,16H,3-10H2,1-2H3/q+1/t11-,12-,13+,15+/m0/s1. The van der Waals surface area contributed by atoms with Gasteiger partial charge in [-0.25, -0.2) is 4.79 Å². The number of ether oxygens (including phenoxy) is 1. The van der Waals surface area contributed by atoms with Crippen LogP contribution in [-0.2, 0) is 9.53 Å². The minimum absolute atomic E-state index is 0.478. The Hall–Kier alpha value is -0.610. The van der Waals surface area contributed by atoms with Crippen molar-refractivity contribution in [3.05, 3.63) is 0 Å². The molecule has 2 aliphatic rings. The quantitative estimate of drug-likeness (QED) is 0.612. The van der Waals surface area contributed by atoms with Crippen LogP contribution in [-0.4, -0.2) is 54.4 Å². The van der Waals surface area contributed by atoms with Gasteiger partial charge in [-0.3, -0.25) is 0 Å². The third kappa shape index (κ3) is 2.86. The van der Waals surface area contributed by atoms with E-state index in [4.69, 9.17) is 9.84 Å². The molecule has 0 saturated carbocycles. The zero-order chi connectivity index (χ0) is 13.2. The minimum atomic E-state index is -0.999. The molecule has 4 atom stereocenters. The summed E-state index contributed by atoms with van der Waals surface area (Å²) in [6.07, 6.45) is 5.27. The lowest BCUT2D eigenvalue weighted by molar-refractivity contribution is -0.947. The van der Waals surface area contributed by atoms with Gasteiger partial charge in [0.1, 0.15) is 6.10 Å². The van der Waals surface area contributed by atoms with Crippen LogP contribution in [0.15, 0.2) is 0 Å². The molecular formula is C14H26NO3+. The fourth-order valence-electron chi connectivity index (χ4n) is 3.74. The SMILES string of the molecule is C[C@H](O)C(=O)OC[C@@H]1CCC[N@@+]2(C)CCCC[C@H]12. The predicted molar refractivity (Wildman–Crippen MR) is 68.9 cm³/mol. The number of esters is 1. The van der Waals surface area contributed by atoms with Crippen LogP contribution in [0.2, 0.25) is 0 Å². The first kappa shape index (κ1) is 13.8. The van der Waals surface area contributed by atoms with Gasteiger partial charge in [-0.15, -0.1) is 0 Å². The molecule has 0 unspecified atom stereocenters. The van der Waals surface area contributed by atoms with E-state index >= 15 is 0 Å². The van der Waals surface area contributed by atoms with E-state index in [0.717, 1.165) is 10.9 Å². The Bertz CT molecular complexity index is 301. The summed E-state index contributed by atoms with van der Waals surface area (Å²) in [7, 11) is 2.35. The van der Waals surface area contributed by atoms with Gasteiger partial charge in [-0.1, -0.05) is 0 Å². The van der Waals surface area contributed by atoms with Crippen LogP contribution >= 0.6 is 0 Å². The maximum atomic E-state index is 11.3. The van der Waals surface area contributed by atoms with Gasteiger partial charge in [-0.05, 0) is 32.6 Å². The minimum Gasteiger partial charge on any atom is -0.463 e. The number of piperidine rings is 2. The monoisotopic (exact) mass is 256 g/mol. The van der Waals surface area contributed by atoms with Gasteiger partial charge in [0.05, 0.1) is 32.8 Å². The van der Waals surface area contributed by atoms with Gasteiger partial charge >= 0.3 is 5.97 Å². The summed E-state index contributed by atoms with van der Waals surface area (Å²) in [6.45, 7) is 4.49. The van der Waals surface area contributed by atoms with Crippen LogP contribution < -0.4 is 0 Å². The number of fused-ring (bicyclic) bond motifs is 1. The molecule has 18 heavy (non-hydrogen) atoms. The third-order valence-corrected chi connectivity index (χ3v) is 4.79. The van der Waals surface area contributed by atoms with Crippen molar-refractivity contribution in [1.82, 2.24) is 0 Å². The van der Waals surface area contributed by atoms with E-state index in [9.17, 15) is 4.79 Å². The van der Waals surface area contributed by atoms with Crippen molar-refractivity contribution in [3.8, 4) is 0 Å². The highest BCUT2D eigenvalue weighted by Crippen LogP contribution is 2.36. The molecule has 2 saturated heterocycles. The zero-order valence-electron chi connectivity index (χ0n) is 11.6. The second kappa shape index (κ2) is 5.57. The predicted octanol–water partition coefficient (Wildman–Crippen LogP) is 1.32. The summed E-state index contributed by atoms with van der Waals surface area (Å²) in [5.41, 5.74) is 0. The van der Waals surface area contributed by atoms with Gasteiger partial charge in [0.25, 0.3) is 0 Å². The molecule has 4 nitrogen and oxygen atoms in total. The lowest BCUT2D eigenvalue weighted by Crippen LogP contribution is -2.61. The van der Waals surface area contributed by atoms with Crippen molar-refractivity contribution in [2.45, 2.75) is 51.2 Å². The van der Waals surface area contributed by atoms with Crippen molar-refractivity contribution in [3.63, 3.8) is 0 Å². The number of aliphatic hydroxyl groups excluding tert-OH is 1. The summed E-state index contributed by atoms with van der Waals surface area (Å²) in [6, 6.07) is 0.647. The van der Waals surface area contributed by atoms with Crippen molar-refractivity contribution >= 4 is 5.97 Å². The number of carbonyl (C=O) groups is 1. The highest BCUT2D eigenvalue weighted by atomic mass is 16.5. The number of rotatable bonds is 3. The molecule has 1 N–H and O–H groups in total. The molecule has 0 amide bonds. The number of quaternary nitrogens is 1. The number of hydrogen-bond acceptors (Lipinski definition) is 3. The summed E-state index contributed by atoms with van der Waals surface area (Å²) in [5.74, 6) is -0.00247. The molecule has 0 aromatic rings. The summed E-state index contributed by atoms with van der Waals surface area (Å²) in [5, 5.41) is 9.16. The van der Waals surface area contributed by atoms with Crippen LogP contribution in [0.4, 0.5) is 0 Å². The molecule has 4 heteroatoms. The van der Waals surface area contributed by atoms with Gasteiger partial charge in [0.15, 0.2) is 0 Å². The molecule has 2 aliphatic heterocycles. The van der Waals surface area contributed by atoms with Gasteiger partial charge < -0.3 is 14.3 Å². The van der Waals surface area contributed by atoms with E-state index in [0.29, 0.717) is 18.6 Å². The molecule has 2 heterocycles. The second-order valence-corrected chi connectivity index (χ2v) is 6.20. The van der Waals surface area contributed by atoms with E-state index in [1.807, 2.05) is 0 Å². The fraction of sp³-hybridized carbons (Fsp3) is 0.929. The molecule has 0 spiro atoms. The zero-order valence-corrected chi connectivity index (χ0v) is 11.6. The van der Waals surface area contributed by atoms with E-state index in [-0.39, 0.29) is 0 Å². The maximum absolute atomic E-state index is 11.3. The smallest absolute Gasteiger partial charge is 0.334 e. The highest BCUT2D eigenvalue weighted by Gasteiger charge is 2.43. The molecule has 104 valence electrons. The summed E-state index contributed by atoms with van der Waals surface area (Å²) >= 11 is 0. The first-order valence-corrected chi connectivity index (χ1v) is 7.22. The summed E-state index contributed by atoms with van der Waals surface area (Å²) in [4.78, 5) is 11.3. The molecule has 2 rings (SSSR count). The largest absolute Gasteiger partial charge is 0.463 e. The van der Waals surface area contributed by atoms with E-state index in [1.165, 1.54) is 45.7 Å². The van der Waals surface area contributed by atoms with Gasteiger partial charge in [-0.2, -0.15) is 0 Å². The number of nitrogens with zero attached hydrogens (tertiary/aromatic N) is 1. The van der Waals surface area contributed by atoms with Gasteiger partial charge in [0, 0.05) is 12.3 Å². The van der Waals surface area contributed by atoms with Gasteiger partial charge in [0.2, 0.25) is 0 Å². The Morgan fingerprint density at radius 1 is 1.33 bits per heavy atom. The summed E-state index contributed by atoms with van der Waals surface area (Å²) < 4.78 is 6.40. The maximum Gasteiger partial charge on any atom is 0.334 e.